The molecule has 1 aliphatic carbocycles. The van der Waals surface area contributed by atoms with Gasteiger partial charge < -0.3 is 14.6 Å². The largest absolute Gasteiger partial charge is 0.488 e. The van der Waals surface area contributed by atoms with Crippen LogP contribution in [-0.2, 0) is 32.6 Å². The molecule has 1 N–H and O–H groups in total. The third kappa shape index (κ3) is 6.85. The van der Waals surface area contributed by atoms with Crippen LogP contribution in [0.15, 0.2) is 73.1 Å². The maximum atomic E-state index is 14.6. The zero-order valence-corrected chi connectivity index (χ0v) is 25.4. The number of piperidine rings is 1. The van der Waals surface area contributed by atoms with E-state index in [1.54, 1.807) is 17.2 Å². The van der Waals surface area contributed by atoms with Gasteiger partial charge in [-0.25, -0.2) is 8.78 Å². The Morgan fingerprint density at radius 2 is 1.80 bits per heavy atom. The zero-order valence-electron chi connectivity index (χ0n) is 25.4. The van der Waals surface area contributed by atoms with Crippen LogP contribution in [0.3, 0.4) is 0 Å². The highest BCUT2D eigenvalue weighted by molar-refractivity contribution is 5.68. The third-order valence-corrected chi connectivity index (χ3v) is 9.04. The highest BCUT2D eigenvalue weighted by Gasteiger charge is 2.40. The van der Waals surface area contributed by atoms with Crippen molar-refractivity contribution in [3.63, 3.8) is 0 Å². The molecule has 4 aromatic rings. The summed E-state index contributed by atoms with van der Waals surface area (Å²) in [6.07, 6.45) is 5.71. The van der Waals surface area contributed by atoms with Crippen molar-refractivity contribution in [2.45, 2.75) is 70.8 Å². The number of nitriles is 1. The second kappa shape index (κ2) is 13.4. The first kappa shape index (κ1) is 30.7. The molecule has 2 heterocycles. The van der Waals surface area contributed by atoms with E-state index in [1.165, 1.54) is 6.20 Å². The highest BCUT2D eigenvalue weighted by atomic mass is 19.3. The minimum atomic E-state index is -2.81. The Morgan fingerprint density at radius 3 is 2.60 bits per heavy atom. The van der Waals surface area contributed by atoms with Gasteiger partial charge in [-0.1, -0.05) is 48.5 Å². The lowest BCUT2D eigenvalue weighted by atomic mass is 9.95. The lowest BCUT2D eigenvalue weighted by Gasteiger charge is -2.39. The van der Waals surface area contributed by atoms with Gasteiger partial charge in [0.05, 0.1) is 18.7 Å². The Kier molecular flexibility index (Phi) is 9.11. The zero-order chi connectivity index (χ0) is 31.4. The van der Waals surface area contributed by atoms with E-state index in [2.05, 4.69) is 42.2 Å². The molecular formula is C37H37F2N3O3. The van der Waals surface area contributed by atoms with Gasteiger partial charge in [0.1, 0.15) is 30.8 Å². The number of fused-ring (bicyclic) bond motifs is 1. The van der Waals surface area contributed by atoms with Crippen LogP contribution in [0.25, 0.3) is 11.1 Å². The number of nitrogens with zero attached hydrogens (tertiary/aromatic N) is 3. The number of ether oxygens (including phenoxy) is 2. The quantitative estimate of drug-likeness (QED) is 0.206. The average molecular weight is 610 g/mol. The van der Waals surface area contributed by atoms with Gasteiger partial charge in [-0.15, -0.1) is 0 Å². The van der Waals surface area contributed by atoms with Crippen LogP contribution >= 0.6 is 0 Å². The predicted molar refractivity (Wildman–Crippen MR) is 168 cm³/mol. The number of pyridine rings is 1. The van der Waals surface area contributed by atoms with Gasteiger partial charge in [0.2, 0.25) is 0 Å². The molecule has 0 bridgehead atoms. The number of rotatable bonds is 10. The Balaban J connectivity index is 1.33. The molecular weight excluding hydrogens is 572 g/mol. The third-order valence-electron chi connectivity index (χ3n) is 9.04. The molecule has 6 nitrogen and oxygen atoms in total. The molecule has 3 aromatic carbocycles. The van der Waals surface area contributed by atoms with Crippen molar-refractivity contribution >= 4 is 0 Å². The second-order valence-electron chi connectivity index (χ2n) is 12.0. The molecule has 45 heavy (non-hydrogen) atoms. The summed E-state index contributed by atoms with van der Waals surface area (Å²) in [5.41, 5.74) is 8.73. The van der Waals surface area contributed by atoms with Crippen LogP contribution in [0.2, 0.25) is 0 Å². The van der Waals surface area contributed by atoms with Crippen molar-refractivity contribution in [2.75, 3.05) is 13.2 Å². The summed E-state index contributed by atoms with van der Waals surface area (Å²) in [6, 6.07) is 21.9. The van der Waals surface area contributed by atoms with Crippen molar-refractivity contribution in [1.29, 1.82) is 5.26 Å². The van der Waals surface area contributed by atoms with Gasteiger partial charge in [0, 0.05) is 48.6 Å². The van der Waals surface area contributed by atoms with Crippen molar-refractivity contribution in [1.82, 2.24) is 9.88 Å². The number of aliphatic hydroxyl groups excluding tert-OH is 1. The number of alkyl halides is 2. The molecule has 0 amide bonds. The number of benzene rings is 3. The van der Waals surface area contributed by atoms with Crippen LogP contribution in [0.4, 0.5) is 8.78 Å². The summed E-state index contributed by atoms with van der Waals surface area (Å²) in [5, 5.41) is 19.4. The lowest BCUT2D eigenvalue weighted by molar-refractivity contribution is -0.0928. The number of aliphatic hydroxyl groups is 1. The van der Waals surface area contributed by atoms with Crippen LogP contribution in [0, 0.1) is 18.3 Å². The van der Waals surface area contributed by atoms with E-state index in [9.17, 15) is 19.1 Å². The van der Waals surface area contributed by atoms with Crippen LogP contribution in [-0.4, -0.2) is 40.1 Å². The van der Waals surface area contributed by atoms with Crippen molar-refractivity contribution in [3.8, 4) is 28.7 Å². The van der Waals surface area contributed by atoms with Crippen LogP contribution < -0.4 is 9.47 Å². The smallest absolute Gasteiger partial charge is 0.260 e. The normalized spacial score (nSPS) is 17.4. The van der Waals surface area contributed by atoms with E-state index in [4.69, 9.17) is 9.47 Å². The lowest BCUT2D eigenvalue weighted by Crippen LogP contribution is -2.49. The Hall–Kier alpha value is -4.32. The van der Waals surface area contributed by atoms with Gasteiger partial charge in [0.25, 0.3) is 5.92 Å². The summed E-state index contributed by atoms with van der Waals surface area (Å²) in [4.78, 5) is 5.85. The molecule has 232 valence electrons. The van der Waals surface area contributed by atoms with E-state index in [0.717, 1.165) is 69.5 Å². The summed E-state index contributed by atoms with van der Waals surface area (Å²) < 4.78 is 42.1. The molecule has 1 atom stereocenters. The van der Waals surface area contributed by atoms with Gasteiger partial charge in [-0.2, -0.15) is 5.26 Å². The topological polar surface area (TPSA) is 78.6 Å². The SMILES string of the molecule is Cc1c(COc2cc(OCc3cncc(C#N)c3)c(CN3CC(F)(F)CCC3CO)c3c2CCC3)cccc1-c1ccccc1. The fourth-order valence-electron chi connectivity index (χ4n) is 6.60. The molecule has 2 aliphatic rings. The molecule has 1 saturated heterocycles. The Labute approximate surface area is 262 Å². The molecule has 1 aromatic heterocycles. The number of hydrogen-bond donors (Lipinski definition) is 1. The minimum absolute atomic E-state index is 0.158. The summed E-state index contributed by atoms with van der Waals surface area (Å²) in [6.45, 7) is 2.30. The Morgan fingerprint density at radius 1 is 1.00 bits per heavy atom. The van der Waals surface area contributed by atoms with E-state index >= 15 is 0 Å². The first-order chi connectivity index (χ1) is 21.8. The number of hydrogen-bond acceptors (Lipinski definition) is 6. The minimum Gasteiger partial charge on any atom is -0.488 e. The Bertz CT molecular complexity index is 1700. The van der Waals surface area contributed by atoms with Crippen molar-refractivity contribution in [2.24, 2.45) is 0 Å². The van der Waals surface area contributed by atoms with Crippen LogP contribution in [0.5, 0.6) is 11.5 Å². The van der Waals surface area contributed by atoms with Crippen molar-refractivity contribution < 1.29 is 23.4 Å². The van der Waals surface area contributed by atoms with E-state index in [-0.39, 0.29) is 38.6 Å². The van der Waals surface area contributed by atoms with E-state index in [0.29, 0.717) is 17.9 Å². The number of halogens is 2. The van der Waals surface area contributed by atoms with Gasteiger partial charge in [-0.3, -0.25) is 9.88 Å². The molecule has 0 spiro atoms. The maximum absolute atomic E-state index is 14.6. The number of likely N-dealkylation sites (tertiary alicyclic amines) is 1. The first-order valence-electron chi connectivity index (χ1n) is 15.5. The molecule has 0 radical (unpaired) electrons. The second-order valence-corrected chi connectivity index (χ2v) is 12.0. The van der Waals surface area contributed by atoms with Gasteiger partial charge in [0.15, 0.2) is 0 Å². The molecule has 1 aliphatic heterocycles. The van der Waals surface area contributed by atoms with Crippen molar-refractivity contribution in [3.05, 3.63) is 112 Å². The highest BCUT2D eigenvalue weighted by Crippen LogP contribution is 2.42. The molecule has 8 heteroatoms. The molecule has 1 unspecified atom stereocenters. The molecule has 1 fully saturated rings. The fraction of sp³-hybridized carbons (Fsp3) is 0.351. The fourth-order valence-corrected chi connectivity index (χ4v) is 6.60. The predicted octanol–water partition coefficient (Wildman–Crippen LogP) is 7.17. The monoisotopic (exact) mass is 609 g/mol. The first-order valence-corrected chi connectivity index (χ1v) is 15.5. The molecule has 6 rings (SSSR count). The van der Waals surface area contributed by atoms with Crippen LogP contribution in [0.1, 0.15) is 58.2 Å². The maximum Gasteiger partial charge on any atom is 0.260 e. The summed E-state index contributed by atoms with van der Waals surface area (Å²) in [5.74, 6) is -1.51. The summed E-state index contributed by atoms with van der Waals surface area (Å²) >= 11 is 0. The summed E-state index contributed by atoms with van der Waals surface area (Å²) in [7, 11) is 0. The van der Waals surface area contributed by atoms with E-state index < -0.39 is 12.5 Å². The number of aromatic nitrogens is 1. The van der Waals surface area contributed by atoms with Gasteiger partial charge >= 0.3 is 0 Å². The standard InChI is InChI=1S/C37H37F2N3O3/c1-25-29(9-5-10-31(25)28-7-3-2-4-8-28)23-45-35-16-36(44-22-27-15-26(17-40)18-41-19-27)34(32-11-6-12-33(32)35)20-42-24-37(38,39)14-13-30(42)21-43/h2-5,7-10,15-16,18-19,30,43H,6,11-14,20-24H2,1H3. The van der Waals surface area contributed by atoms with Gasteiger partial charge in [-0.05, 0) is 72.1 Å². The van der Waals surface area contributed by atoms with E-state index in [1.807, 2.05) is 30.3 Å². The average Bonchev–Trinajstić information content (AvgIpc) is 3.55. The molecule has 0 saturated carbocycles.